The molecular formula is C43H34N2O2. The average molecular weight is 611 g/mol. The van der Waals surface area contributed by atoms with Gasteiger partial charge in [0.05, 0.1) is 0 Å². The summed E-state index contributed by atoms with van der Waals surface area (Å²) in [4.78, 5) is 5.51. The maximum Gasteiger partial charge on any atom is 0.145 e. The van der Waals surface area contributed by atoms with Gasteiger partial charge < -0.3 is 14.2 Å². The summed E-state index contributed by atoms with van der Waals surface area (Å²) in [6.07, 6.45) is 5.83. The van der Waals surface area contributed by atoms with Crippen LogP contribution >= 0.6 is 0 Å². The number of rotatable bonds is 4. The van der Waals surface area contributed by atoms with E-state index in [9.17, 15) is 0 Å². The third kappa shape index (κ3) is 4.63. The quantitative estimate of drug-likeness (QED) is 0.216. The number of nitrogens with one attached hydrogen (secondary N) is 1. The lowest BCUT2D eigenvalue weighted by Crippen LogP contribution is -2.18. The van der Waals surface area contributed by atoms with Crippen LogP contribution in [0.1, 0.15) is 66.8 Å². The minimum atomic E-state index is -0.258. The third-order valence-electron chi connectivity index (χ3n) is 9.77. The molecule has 0 bridgehead atoms. The lowest BCUT2D eigenvalue weighted by atomic mass is 9.86. The molecule has 0 spiro atoms. The Morgan fingerprint density at radius 1 is 0.702 bits per heavy atom. The summed E-state index contributed by atoms with van der Waals surface area (Å²) in [5.41, 5.74) is 13.2. The van der Waals surface area contributed by atoms with E-state index < -0.39 is 0 Å². The predicted octanol–water partition coefficient (Wildman–Crippen LogP) is 11.4. The maximum absolute atomic E-state index is 6.39. The van der Waals surface area contributed by atoms with E-state index >= 15 is 0 Å². The molecule has 47 heavy (non-hydrogen) atoms. The first-order valence-corrected chi connectivity index (χ1v) is 16.4. The van der Waals surface area contributed by atoms with Crippen molar-refractivity contribution in [2.24, 2.45) is 4.99 Å². The van der Waals surface area contributed by atoms with Gasteiger partial charge in [-0.1, -0.05) is 97.9 Å². The molecule has 4 heteroatoms. The Morgan fingerprint density at radius 3 is 2.34 bits per heavy atom. The van der Waals surface area contributed by atoms with E-state index in [2.05, 4.69) is 134 Å². The summed E-state index contributed by atoms with van der Waals surface area (Å²) in [6.45, 7) is 4.53. The second-order valence-electron chi connectivity index (χ2n) is 12.8. The number of nitrogens with zero attached hydrogens (tertiary/aromatic N) is 1. The molecule has 7 aromatic rings. The molecule has 4 nitrogen and oxygen atoms in total. The van der Waals surface area contributed by atoms with Crippen LogP contribution in [0, 0.1) is 0 Å². The zero-order valence-corrected chi connectivity index (χ0v) is 26.5. The molecule has 2 atom stereocenters. The van der Waals surface area contributed by atoms with Gasteiger partial charge in [-0.15, -0.1) is 0 Å². The van der Waals surface area contributed by atoms with Crippen molar-refractivity contribution in [2.75, 3.05) is 0 Å². The molecular weight excluding hydrogens is 576 g/mol. The number of fused-ring (bicyclic) bond motifs is 6. The predicted molar refractivity (Wildman–Crippen MR) is 194 cm³/mol. The van der Waals surface area contributed by atoms with Gasteiger partial charge in [-0.05, 0) is 83.5 Å². The number of hydrogen-bond donors (Lipinski definition) is 1. The van der Waals surface area contributed by atoms with E-state index in [1.807, 2.05) is 12.1 Å². The summed E-state index contributed by atoms with van der Waals surface area (Å²) < 4.78 is 12.6. The first-order valence-electron chi connectivity index (χ1n) is 16.4. The van der Waals surface area contributed by atoms with Crippen molar-refractivity contribution in [2.45, 2.75) is 38.8 Å². The Labute approximate surface area is 273 Å². The van der Waals surface area contributed by atoms with Crippen molar-refractivity contribution >= 4 is 50.4 Å². The number of allylic oxidation sites excluding steroid dienone is 2. The maximum atomic E-state index is 6.39. The zero-order chi connectivity index (χ0) is 31.5. The van der Waals surface area contributed by atoms with Gasteiger partial charge in [0.2, 0.25) is 0 Å². The molecule has 1 aliphatic heterocycles. The van der Waals surface area contributed by atoms with Crippen LogP contribution in [0.2, 0.25) is 0 Å². The molecule has 9 rings (SSSR count). The molecule has 5 aromatic carbocycles. The van der Waals surface area contributed by atoms with E-state index in [0.717, 1.165) is 67.8 Å². The number of aliphatic imine (C=N–C) groups is 1. The molecule has 1 aliphatic carbocycles. The fourth-order valence-electron chi connectivity index (χ4n) is 7.50. The van der Waals surface area contributed by atoms with Crippen molar-refractivity contribution in [1.29, 1.82) is 0 Å². The van der Waals surface area contributed by atoms with Crippen LogP contribution in [0.15, 0.2) is 141 Å². The normalized spacial score (nSPS) is 18.0. The highest BCUT2D eigenvalue weighted by Crippen LogP contribution is 2.44. The fraction of sp³-hybridized carbons (Fsp3) is 0.140. The zero-order valence-electron chi connectivity index (χ0n) is 26.5. The van der Waals surface area contributed by atoms with E-state index in [4.69, 9.17) is 13.8 Å². The minimum Gasteiger partial charge on any atom is -0.456 e. The smallest absolute Gasteiger partial charge is 0.145 e. The largest absolute Gasteiger partial charge is 0.456 e. The second-order valence-corrected chi connectivity index (χ2v) is 12.8. The lowest BCUT2D eigenvalue weighted by Gasteiger charge is -2.19. The van der Waals surface area contributed by atoms with E-state index in [1.54, 1.807) is 0 Å². The number of benzene rings is 5. The molecule has 2 unspecified atom stereocenters. The van der Waals surface area contributed by atoms with E-state index in [1.165, 1.54) is 27.6 Å². The Morgan fingerprint density at radius 2 is 1.45 bits per heavy atom. The third-order valence-corrected chi connectivity index (χ3v) is 9.77. The Kier molecular flexibility index (Phi) is 6.49. The summed E-state index contributed by atoms with van der Waals surface area (Å²) in [7, 11) is 0. The molecule has 1 N–H and O–H groups in total. The summed E-state index contributed by atoms with van der Waals surface area (Å²) in [5, 5.41) is 7.33. The van der Waals surface area contributed by atoms with Crippen LogP contribution in [-0.4, -0.2) is 5.71 Å². The van der Waals surface area contributed by atoms with Crippen molar-refractivity contribution < 1.29 is 8.83 Å². The topological polar surface area (TPSA) is 50.7 Å². The van der Waals surface area contributed by atoms with Gasteiger partial charge in [-0.25, -0.2) is 0 Å². The monoisotopic (exact) mass is 610 g/mol. The molecule has 2 aromatic heterocycles. The van der Waals surface area contributed by atoms with Crippen molar-refractivity contribution in [3.05, 3.63) is 155 Å². The van der Waals surface area contributed by atoms with E-state index in [0.29, 0.717) is 12.3 Å². The minimum absolute atomic E-state index is 0.258. The van der Waals surface area contributed by atoms with Gasteiger partial charge in [-0.2, -0.15) is 0 Å². The SMILES string of the molecule is CC1=C(c2ccc3oc4ccccc4c3c2)NC(c2ccccc2)N=C(c2ccccc2-c2cccc3oc4c(c23)C(C)CC=C4)C1. The molecule has 3 heterocycles. The summed E-state index contributed by atoms with van der Waals surface area (Å²) >= 11 is 0. The Hall–Kier alpha value is -5.61. The van der Waals surface area contributed by atoms with Crippen LogP contribution in [0.4, 0.5) is 0 Å². The standard InChI is InChI=1S/C43H34N2O2/c1-26-12-10-20-38-40(26)41-33(18-11-21-39(41)47-38)30-15-6-7-16-31(30)35-24-27(2)42(45-43(44-35)28-13-4-3-5-14-28)29-22-23-37-34(25-29)32-17-8-9-19-36(32)46-37/h3-11,13-23,25-26,43,45H,12,24H2,1-2H3. The fourth-order valence-corrected chi connectivity index (χ4v) is 7.50. The molecule has 228 valence electrons. The average Bonchev–Trinajstić information content (AvgIpc) is 3.63. The summed E-state index contributed by atoms with van der Waals surface area (Å²) in [5.74, 6) is 1.37. The molecule has 0 amide bonds. The Bertz CT molecular complexity index is 2420. The molecule has 0 radical (unpaired) electrons. The number of furan rings is 2. The number of hydrogen-bond acceptors (Lipinski definition) is 4. The molecule has 0 saturated heterocycles. The molecule has 0 saturated carbocycles. The van der Waals surface area contributed by atoms with Crippen LogP contribution in [0.5, 0.6) is 0 Å². The van der Waals surface area contributed by atoms with Crippen LogP contribution in [-0.2, 0) is 0 Å². The first kappa shape index (κ1) is 27.7. The van der Waals surface area contributed by atoms with Gasteiger partial charge in [-0.3, -0.25) is 4.99 Å². The summed E-state index contributed by atoms with van der Waals surface area (Å²) in [6, 6.07) is 40.5. The second kappa shape index (κ2) is 11.0. The van der Waals surface area contributed by atoms with Gasteiger partial charge in [0, 0.05) is 45.1 Å². The van der Waals surface area contributed by atoms with Gasteiger partial charge in [0.15, 0.2) is 0 Å². The van der Waals surface area contributed by atoms with Crippen molar-refractivity contribution in [3.8, 4) is 11.1 Å². The highest BCUT2D eigenvalue weighted by Gasteiger charge is 2.26. The van der Waals surface area contributed by atoms with Gasteiger partial charge in [0.1, 0.15) is 28.7 Å². The van der Waals surface area contributed by atoms with Crippen molar-refractivity contribution in [3.63, 3.8) is 0 Å². The lowest BCUT2D eigenvalue weighted by molar-refractivity contribution is 0.586. The Balaban J connectivity index is 1.21. The molecule has 0 fully saturated rings. The number of para-hydroxylation sites is 1. The highest BCUT2D eigenvalue weighted by molar-refractivity contribution is 6.11. The van der Waals surface area contributed by atoms with Gasteiger partial charge >= 0.3 is 0 Å². The van der Waals surface area contributed by atoms with Crippen LogP contribution < -0.4 is 5.32 Å². The highest BCUT2D eigenvalue weighted by atomic mass is 16.3. The van der Waals surface area contributed by atoms with Crippen LogP contribution in [0.25, 0.3) is 55.8 Å². The molecule has 2 aliphatic rings. The van der Waals surface area contributed by atoms with E-state index in [-0.39, 0.29) is 6.17 Å². The van der Waals surface area contributed by atoms with Crippen molar-refractivity contribution in [1.82, 2.24) is 5.32 Å². The first-order chi connectivity index (χ1) is 23.1. The van der Waals surface area contributed by atoms with Crippen LogP contribution in [0.3, 0.4) is 0 Å². The van der Waals surface area contributed by atoms with Gasteiger partial charge in [0.25, 0.3) is 0 Å².